The van der Waals surface area contributed by atoms with Crippen molar-refractivity contribution in [3.8, 4) is 0 Å². The Morgan fingerprint density at radius 1 is 1.32 bits per heavy atom. The van der Waals surface area contributed by atoms with E-state index in [0.717, 1.165) is 0 Å². The molecule has 2 unspecified atom stereocenters. The zero-order valence-electron chi connectivity index (χ0n) is 10.5. The minimum atomic E-state index is -1.08. The third-order valence-electron chi connectivity index (χ3n) is 2.48. The van der Waals surface area contributed by atoms with Gasteiger partial charge in [-0.3, -0.25) is 9.59 Å². The lowest BCUT2D eigenvalue weighted by Crippen LogP contribution is -2.41. The van der Waals surface area contributed by atoms with Crippen molar-refractivity contribution in [2.75, 3.05) is 6.54 Å². The number of carboxylic acids is 1. The van der Waals surface area contributed by atoms with Gasteiger partial charge in [-0.15, -0.1) is 0 Å². The molecule has 0 aliphatic carbocycles. The Kier molecular flexibility index (Phi) is 5.95. The number of hydrogen-bond acceptors (Lipinski definition) is 4. The van der Waals surface area contributed by atoms with E-state index in [2.05, 4.69) is 5.32 Å². The van der Waals surface area contributed by atoms with Gasteiger partial charge in [0.25, 0.3) is 0 Å². The van der Waals surface area contributed by atoms with Crippen molar-refractivity contribution in [2.24, 2.45) is 0 Å². The number of nitrogens with one attached hydrogen (secondary N) is 1. The number of carbonyl (C=O) groups excluding carboxylic acids is 1. The number of carbonyl (C=O) groups is 2. The molecule has 0 aliphatic heterocycles. The Morgan fingerprint density at radius 2 is 1.89 bits per heavy atom. The van der Waals surface area contributed by atoms with Crippen LogP contribution in [-0.2, 0) is 4.79 Å². The van der Waals surface area contributed by atoms with Crippen LogP contribution in [0.3, 0.4) is 0 Å². The Bertz CT molecular complexity index is 444. The molecule has 0 aliphatic rings. The van der Waals surface area contributed by atoms with Gasteiger partial charge >= 0.3 is 5.97 Å². The highest BCUT2D eigenvalue weighted by atomic mass is 35.5. The van der Waals surface area contributed by atoms with Gasteiger partial charge in [-0.25, -0.2) is 0 Å². The number of rotatable bonds is 7. The van der Waals surface area contributed by atoms with E-state index in [-0.39, 0.29) is 18.7 Å². The molecular formula is C13H16ClNO4. The molecule has 0 aromatic heterocycles. The molecule has 0 saturated heterocycles. The van der Waals surface area contributed by atoms with Gasteiger partial charge in [-0.05, 0) is 31.2 Å². The zero-order valence-corrected chi connectivity index (χ0v) is 11.2. The first-order chi connectivity index (χ1) is 8.90. The summed E-state index contributed by atoms with van der Waals surface area (Å²) < 4.78 is 0. The molecule has 0 heterocycles. The maximum absolute atomic E-state index is 12.2. The molecule has 3 N–H and O–H groups in total. The van der Waals surface area contributed by atoms with Gasteiger partial charge in [0.05, 0.1) is 18.6 Å². The lowest BCUT2D eigenvalue weighted by atomic mass is 10.0. The van der Waals surface area contributed by atoms with Crippen LogP contribution >= 0.6 is 11.6 Å². The number of hydrogen-bond donors (Lipinski definition) is 3. The molecule has 2 atom stereocenters. The van der Waals surface area contributed by atoms with Gasteiger partial charge in [0, 0.05) is 17.1 Å². The van der Waals surface area contributed by atoms with Crippen molar-refractivity contribution in [1.29, 1.82) is 0 Å². The van der Waals surface area contributed by atoms with E-state index in [9.17, 15) is 14.7 Å². The van der Waals surface area contributed by atoms with E-state index in [4.69, 9.17) is 16.7 Å². The molecule has 1 rings (SSSR count). The molecule has 0 fully saturated rings. The minimum absolute atomic E-state index is 0.150. The summed E-state index contributed by atoms with van der Waals surface area (Å²) in [4.78, 5) is 22.9. The first-order valence-corrected chi connectivity index (χ1v) is 6.21. The Labute approximate surface area is 116 Å². The highest BCUT2D eigenvalue weighted by molar-refractivity contribution is 6.30. The number of Topliss-reactive ketones (excluding diaryl/α,β-unsaturated/α-hetero) is 1. The Morgan fingerprint density at radius 3 is 2.37 bits per heavy atom. The topological polar surface area (TPSA) is 86.6 Å². The van der Waals surface area contributed by atoms with E-state index in [1.54, 1.807) is 31.2 Å². The average Bonchev–Trinajstić information content (AvgIpc) is 2.34. The average molecular weight is 286 g/mol. The lowest BCUT2D eigenvalue weighted by Gasteiger charge is -2.17. The fraction of sp³-hybridized carbons (Fsp3) is 0.385. The van der Waals surface area contributed by atoms with Crippen molar-refractivity contribution in [3.63, 3.8) is 0 Å². The van der Waals surface area contributed by atoms with Crippen LogP contribution in [0.2, 0.25) is 5.02 Å². The maximum atomic E-state index is 12.2. The molecular weight excluding hydrogens is 270 g/mol. The van der Waals surface area contributed by atoms with Gasteiger partial charge < -0.3 is 15.5 Å². The van der Waals surface area contributed by atoms with Crippen LogP contribution in [0.4, 0.5) is 0 Å². The van der Waals surface area contributed by atoms with Gasteiger partial charge in [-0.1, -0.05) is 11.6 Å². The number of aliphatic carboxylic acids is 1. The van der Waals surface area contributed by atoms with Gasteiger partial charge in [-0.2, -0.15) is 0 Å². The van der Waals surface area contributed by atoms with Crippen LogP contribution in [0.15, 0.2) is 24.3 Å². The maximum Gasteiger partial charge on any atom is 0.305 e. The SMILES string of the molecule is CC(O)CNC(CC(=O)O)C(=O)c1ccc(Cl)cc1. The summed E-state index contributed by atoms with van der Waals surface area (Å²) in [5.74, 6) is -1.41. The number of carboxylic acid groups (broad SMARTS) is 1. The molecule has 0 radical (unpaired) electrons. The first-order valence-electron chi connectivity index (χ1n) is 5.83. The van der Waals surface area contributed by atoms with Crippen LogP contribution in [0.1, 0.15) is 23.7 Å². The van der Waals surface area contributed by atoms with Gasteiger partial charge in [0.2, 0.25) is 0 Å². The Hall–Kier alpha value is -1.43. The standard InChI is InChI=1S/C13H16ClNO4/c1-8(16)7-15-11(6-12(17)18)13(19)9-2-4-10(14)5-3-9/h2-5,8,11,15-16H,6-7H2,1H3,(H,17,18). The number of benzene rings is 1. The molecule has 0 spiro atoms. The summed E-state index contributed by atoms with van der Waals surface area (Å²) in [6.07, 6.45) is -0.997. The lowest BCUT2D eigenvalue weighted by molar-refractivity contribution is -0.137. The number of aliphatic hydroxyl groups excluding tert-OH is 1. The highest BCUT2D eigenvalue weighted by Gasteiger charge is 2.22. The summed E-state index contributed by atoms with van der Waals surface area (Å²) in [7, 11) is 0. The molecule has 19 heavy (non-hydrogen) atoms. The molecule has 5 nitrogen and oxygen atoms in total. The van der Waals surface area contributed by atoms with Gasteiger partial charge in [0.1, 0.15) is 0 Å². The zero-order chi connectivity index (χ0) is 14.4. The summed E-state index contributed by atoms with van der Waals surface area (Å²) in [5.41, 5.74) is 0.383. The third kappa shape index (κ3) is 5.38. The van der Waals surface area contributed by atoms with E-state index < -0.39 is 18.1 Å². The summed E-state index contributed by atoms with van der Waals surface area (Å²) in [6.45, 7) is 1.70. The smallest absolute Gasteiger partial charge is 0.305 e. The predicted molar refractivity (Wildman–Crippen MR) is 71.5 cm³/mol. The molecule has 104 valence electrons. The molecule has 1 aromatic carbocycles. The van der Waals surface area contributed by atoms with Crippen LogP contribution in [-0.4, -0.2) is 40.7 Å². The van der Waals surface area contributed by atoms with Crippen LogP contribution < -0.4 is 5.32 Å². The number of ketones is 1. The fourth-order valence-electron chi connectivity index (χ4n) is 1.56. The van der Waals surface area contributed by atoms with E-state index in [1.807, 2.05) is 0 Å². The van der Waals surface area contributed by atoms with Crippen molar-refractivity contribution < 1.29 is 19.8 Å². The van der Waals surface area contributed by atoms with E-state index >= 15 is 0 Å². The largest absolute Gasteiger partial charge is 0.481 e. The Balaban J connectivity index is 2.80. The molecule has 1 aromatic rings. The first kappa shape index (κ1) is 15.6. The summed E-state index contributed by atoms with van der Waals surface area (Å²) >= 11 is 5.73. The quantitative estimate of drug-likeness (QED) is 0.658. The normalized spacial score (nSPS) is 13.8. The van der Waals surface area contributed by atoms with Crippen LogP contribution in [0.25, 0.3) is 0 Å². The highest BCUT2D eigenvalue weighted by Crippen LogP contribution is 2.12. The summed E-state index contributed by atoms with van der Waals surface area (Å²) in [5, 5.41) is 21.3. The van der Waals surface area contributed by atoms with Crippen molar-refractivity contribution in [3.05, 3.63) is 34.9 Å². The molecule has 0 amide bonds. The van der Waals surface area contributed by atoms with E-state index in [1.165, 1.54) is 0 Å². The number of halogens is 1. The van der Waals surface area contributed by atoms with Crippen molar-refractivity contribution >= 4 is 23.4 Å². The second kappa shape index (κ2) is 7.23. The van der Waals surface area contributed by atoms with E-state index in [0.29, 0.717) is 10.6 Å². The summed E-state index contributed by atoms with van der Waals surface area (Å²) in [6, 6.07) is 5.36. The minimum Gasteiger partial charge on any atom is -0.481 e. The molecule has 0 saturated carbocycles. The second-order valence-corrected chi connectivity index (χ2v) is 4.72. The fourth-order valence-corrected chi connectivity index (χ4v) is 1.69. The second-order valence-electron chi connectivity index (χ2n) is 4.28. The van der Waals surface area contributed by atoms with Crippen LogP contribution in [0, 0.1) is 0 Å². The van der Waals surface area contributed by atoms with Gasteiger partial charge in [0.15, 0.2) is 5.78 Å². The predicted octanol–water partition coefficient (Wildman–Crippen LogP) is 1.34. The third-order valence-corrected chi connectivity index (χ3v) is 2.74. The van der Waals surface area contributed by atoms with Crippen molar-refractivity contribution in [2.45, 2.75) is 25.5 Å². The van der Waals surface area contributed by atoms with Crippen molar-refractivity contribution in [1.82, 2.24) is 5.32 Å². The number of aliphatic hydroxyl groups is 1. The monoisotopic (exact) mass is 285 g/mol. The molecule has 6 heteroatoms. The molecule has 0 bridgehead atoms. The van der Waals surface area contributed by atoms with Crippen LogP contribution in [0.5, 0.6) is 0 Å².